The van der Waals surface area contributed by atoms with Crippen LogP contribution in [0.25, 0.3) is 0 Å². The van der Waals surface area contributed by atoms with Crippen molar-refractivity contribution in [2.24, 2.45) is 5.92 Å². The summed E-state index contributed by atoms with van der Waals surface area (Å²) in [6, 6.07) is 8.09. The number of carbonyl (C=O) groups excluding carboxylic acids is 1. The highest BCUT2D eigenvalue weighted by molar-refractivity contribution is 6.30. The molecule has 112 valence electrons. The maximum atomic E-state index is 12.0. The Bertz CT molecular complexity index is 415. The lowest BCUT2D eigenvalue weighted by molar-refractivity contribution is -0.122. The van der Waals surface area contributed by atoms with E-state index >= 15 is 0 Å². The quantitative estimate of drug-likeness (QED) is 0.808. The Labute approximate surface area is 127 Å². The summed E-state index contributed by atoms with van der Waals surface area (Å²) >= 11 is 5.90. The summed E-state index contributed by atoms with van der Waals surface area (Å²) in [5.41, 5.74) is 1.09. The molecule has 2 N–H and O–H groups in total. The minimum absolute atomic E-state index is 0.0267. The molecule has 0 heterocycles. The van der Waals surface area contributed by atoms with E-state index in [0.29, 0.717) is 29.9 Å². The van der Waals surface area contributed by atoms with E-state index in [1.165, 1.54) is 0 Å². The first-order valence-electron chi connectivity index (χ1n) is 7.18. The number of rotatable bonds is 7. The Kier molecular flexibility index (Phi) is 7.03. The lowest BCUT2D eigenvalue weighted by Gasteiger charge is -2.23. The van der Waals surface area contributed by atoms with Crippen LogP contribution in [-0.4, -0.2) is 18.5 Å². The van der Waals surface area contributed by atoms with E-state index in [1.807, 2.05) is 24.3 Å². The second-order valence-corrected chi connectivity index (χ2v) is 6.14. The van der Waals surface area contributed by atoms with Gasteiger partial charge in [-0.3, -0.25) is 4.79 Å². The van der Waals surface area contributed by atoms with Crippen molar-refractivity contribution in [2.75, 3.05) is 6.54 Å². The Morgan fingerprint density at radius 2 is 1.75 bits per heavy atom. The Hall–Kier alpha value is -1.06. The Balaban J connectivity index is 2.59. The second kappa shape index (κ2) is 8.28. The smallest absolute Gasteiger partial charge is 0.221 e. The van der Waals surface area contributed by atoms with Crippen molar-refractivity contribution in [2.45, 2.75) is 46.2 Å². The predicted octanol–water partition coefficient (Wildman–Crippen LogP) is 3.54. The van der Waals surface area contributed by atoms with Gasteiger partial charge in [0.1, 0.15) is 0 Å². The highest BCUT2D eigenvalue weighted by Gasteiger charge is 2.18. The van der Waals surface area contributed by atoms with Crippen LogP contribution in [0, 0.1) is 5.92 Å². The molecule has 1 atom stereocenters. The van der Waals surface area contributed by atoms with Gasteiger partial charge in [0.25, 0.3) is 0 Å². The van der Waals surface area contributed by atoms with Crippen molar-refractivity contribution in [1.82, 2.24) is 10.6 Å². The number of nitrogens with one attached hydrogen (secondary N) is 2. The van der Waals surface area contributed by atoms with Crippen LogP contribution in [-0.2, 0) is 4.79 Å². The highest BCUT2D eigenvalue weighted by atomic mass is 35.5. The molecule has 1 amide bonds. The highest BCUT2D eigenvalue weighted by Crippen LogP contribution is 2.23. The van der Waals surface area contributed by atoms with Gasteiger partial charge in [-0.25, -0.2) is 0 Å². The molecule has 0 aliphatic rings. The predicted molar refractivity (Wildman–Crippen MR) is 84.9 cm³/mol. The number of hydrogen-bond acceptors (Lipinski definition) is 2. The van der Waals surface area contributed by atoms with Crippen LogP contribution in [0.1, 0.15) is 45.7 Å². The summed E-state index contributed by atoms with van der Waals surface area (Å²) in [4.78, 5) is 12.0. The number of amides is 1. The van der Waals surface area contributed by atoms with Crippen molar-refractivity contribution in [3.8, 4) is 0 Å². The van der Waals surface area contributed by atoms with Gasteiger partial charge in [-0.15, -0.1) is 0 Å². The molecule has 1 rings (SSSR count). The number of hydrogen-bond donors (Lipinski definition) is 2. The van der Waals surface area contributed by atoms with Crippen LogP contribution >= 0.6 is 11.6 Å². The summed E-state index contributed by atoms with van der Waals surface area (Å²) in [6.07, 6.45) is 0.495. The van der Waals surface area contributed by atoms with E-state index in [2.05, 4.69) is 38.3 Å². The molecule has 0 radical (unpaired) electrons. The molecule has 0 bridgehead atoms. The van der Waals surface area contributed by atoms with Crippen LogP contribution < -0.4 is 10.6 Å². The van der Waals surface area contributed by atoms with Crippen molar-refractivity contribution < 1.29 is 4.79 Å². The third-order valence-corrected chi connectivity index (χ3v) is 3.37. The lowest BCUT2D eigenvalue weighted by atomic mass is 9.96. The van der Waals surface area contributed by atoms with Gasteiger partial charge < -0.3 is 10.6 Å². The first-order chi connectivity index (χ1) is 9.40. The Morgan fingerprint density at radius 1 is 1.15 bits per heavy atom. The minimum Gasteiger partial charge on any atom is -0.349 e. The fourth-order valence-electron chi connectivity index (χ4n) is 2.03. The molecule has 0 saturated heterocycles. The molecule has 0 saturated carbocycles. The lowest BCUT2D eigenvalue weighted by Crippen LogP contribution is -2.34. The summed E-state index contributed by atoms with van der Waals surface area (Å²) in [5.74, 6) is 0.407. The van der Waals surface area contributed by atoms with Crippen molar-refractivity contribution in [1.29, 1.82) is 0 Å². The molecule has 0 aromatic heterocycles. The maximum Gasteiger partial charge on any atom is 0.221 e. The summed E-state index contributed by atoms with van der Waals surface area (Å²) in [6.45, 7) is 9.05. The SMILES string of the molecule is CC(C)NCCC(=O)NC(c1ccc(Cl)cc1)C(C)C. The fraction of sp³-hybridized carbons (Fsp3) is 0.562. The molecule has 4 heteroatoms. The zero-order valence-corrected chi connectivity index (χ0v) is 13.5. The van der Waals surface area contributed by atoms with Crippen molar-refractivity contribution in [3.63, 3.8) is 0 Å². The molecule has 0 spiro atoms. The van der Waals surface area contributed by atoms with Crippen molar-refractivity contribution in [3.05, 3.63) is 34.9 Å². The van der Waals surface area contributed by atoms with Gasteiger partial charge in [-0.05, 0) is 23.6 Å². The molecule has 0 aliphatic carbocycles. The average Bonchev–Trinajstić information content (AvgIpc) is 2.36. The monoisotopic (exact) mass is 296 g/mol. The summed E-state index contributed by atoms with van der Waals surface area (Å²) < 4.78 is 0. The van der Waals surface area contributed by atoms with Gasteiger partial charge in [0.05, 0.1) is 6.04 Å². The average molecular weight is 297 g/mol. The standard InChI is InChI=1S/C16H25ClN2O/c1-11(2)16(13-5-7-14(17)8-6-13)19-15(20)9-10-18-12(3)4/h5-8,11-12,16,18H,9-10H2,1-4H3,(H,19,20). The van der Waals surface area contributed by atoms with E-state index in [4.69, 9.17) is 11.6 Å². The summed E-state index contributed by atoms with van der Waals surface area (Å²) in [5, 5.41) is 7.06. The maximum absolute atomic E-state index is 12.0. The first-order valence-corrected chi connectivity index (χ1v) is 7.56. The normalized spacial score (nSPS) is 12.8. The topological polar surface area (TPSA) is 41.1 Å². The Morgan fingerprint density at radius 3 is 2.25 bits per heavy atom. The van der Waals surface area contributed by atoms with E-state index in [1.54, 1.807) is 0 Å². The van der Waals surface area contributed by atoms with E-state index in [-0.39, 0.29) is 11.9 Å². The number of carbonyl (C=O) groups is 1. The van der Waals surface area contributed by atoms with Crippen LogP contribution in [0.3, 0.4) is 0 Å². The van der Waals surface area contributed by atoms with E-state index in [9.17, 15) is 4.79 Å². The molecule has 1 unspecified atom stereocenters. The zero-order valence-electron chi connectivity index (χ0n) is 12.7. The molecule has 1 aromatic carbocycles. The van der Waals surface area contributed by atoms with Gasteiger partial charge in [-0.1, -0.05) is 51.4 Å². The molecule has 3 nitrogen and oxygen atoms in total. The first kappa shape index (κ1) is 17.0. The van der Waals surface area contributed by atoms with Crippen LogP contribution in [0.2, 0.25) is 5.02 Å². The molecule has 20 heavy (non-hydrogen) atoms. The third kappa shape index (κ3) is 5.93. The van der Waals surface area contributed by atoms with Crippen LogP contribution in [0.15, 0.2) is 24.3 Å². The van der Waals surface area contributed by atoms with Gasteiger partial charge in [0, 0.05) is 24.0 Å². The molecule has 0 aliphatic heterocycles. The molecule has 0 fully saturated rings. The van der Waals surface area contributed by atoms with Crippen molar-refractivity contribution >= 4 is 17.5 Å². The van der Waals surface area contributed by atoms with Crippen LogP contribution in [0.5, 0.6) is 0 Å². The molecular weight excluding hydrogens is 272 g/mol. The molecular formula is C16H25ClN2O. The van der Waals surface area contributed by atoms with E-state index < -0.39 is 0 Å². The zero-order chi connectivity index (χ0) is 15.1. The third-order valence-electron chi connectivity index (χ3n) is 3.12. The number of benzene rings is 1. The summed E-state index contributed by atoms with van der Waals surface area (Å²) in [7, 11) is 0. The van der Waals surface area contributed by atoms with Crippen LogP contribution in [0.4, 0.5) is 0 Å². The second-order valence-electron chi connectivity index (χ2n) is 5.70. The molecule has 1 aromatic rings. The largest absolute Gasteiger partial charge is 0.349 e. The minimum atomic E-state index is 0.0267. The fourth-order valence-corrected chi connectivity index (χ4v) is 2.15. The number of halogens is 1. The van der Waals surface area contributed by atoms with Gasteiger partial charge in [0.2, 0.25) is 5.91 Å². The van der Waals surface area contributed by atoms with E-state index in [0.717, 1.165) is 5.56 Å². The van der Waals surface area contributed by atoms with Gasteiger partial charge in [-0.2, -0.15) is 0 Å². The van der Waals surface area contributed by atoms with Gasteiger partial charge >= 0.3 is 0 Å². The van der Waals surface area contributed by atoms with Gasteiger partial charge in [0.15, 0.2) is 0 Å².